The van der Waals surface area contributed by atoms with Crippen molar-refractivity contribution in [2.24, 2.45) is 0 Å². The molecule has 1 amide bonds. The highest BCUT2D eigenvalue weighted by Crippen LogP contribution is 2.20. The van der Waals surface area contributed by atoms with E-state index in [4.69, 9.17) is 10.2 Å². The number of aliphatic hydroxyl groups is 1. The molecule has 1 aromatic carbocycles. The minimum absolute atomic E-state index is 0.122. The highest BCUT2D eigenvalue weighted by molar-refractivity contribution is 5.97. The number of aliphatic carboxylic acids is 1. The average molecular weight is 275 g/mol. The van der Waals surface area contributed by atoms with Crippen LogP contribution in [0.15, 0.2) is 12.1 Å². The van der Waals surface area contributed by atoms with Crippen molar-refractivity contribution in [2.75, 3.05) is 13.7 Å². The molecule has 0 radical (unpaired) electrons. The molecule has 1 aromatic rings. The monoisotopic (exact) mass is 275 g/mol. The number of methoxy groups -OCH3 is 1. The summed E-state index contributed by atoms with van der Waals surface area (Å²) in [7, 11) is 1.19. The van der Waals surface area contributed by atoms with Crippen molar-refractivity contribution < 1.29 is 33.3 Å². The van der Waals surface area contributed by atoms with E-state index in [0.29, 0.717) is 0 Å². The number of benzene rings is 1. The summed E-state index contributed by atoms with van der Waals surface area (Å²) in [6.07, 6.45) is 0. The van der Waals surface area contributed by atoms with Crippen LogP contribution < -0.4 is 10.1 Å². The zero-order valence-electron chi connectivity index (χ0n) is 9.81. The van der Waals surface area contributed by atoms with Gasteiger partial charge in [-0.15, -0.1) is 0 Å². The van der Waals surface area contributed by atoms with E-state index in [0.717, 1.165) is 12.1 Å². The molecule has 0 fully saturated rings. The minimum atomic E-state index is -1.64. The Bertz CT molecular complexity index is 483. The van der Waals surface area contributed by atoms with Gasteiger partial charge in [-0.3, -0.25) is 4.79 Å². The Balaban J connectivity index is 3.03. The molecule has 104 valence electrons. The Labute approximate surface area is 106 Å². The molecule has 0 saturated heterocycles. The Morgan fingerprint density at radius 2 is 1.89 bits per heavy atom. The maximum atomic E-state index is 13.5. The van der Waals surface area contributed by atoms with E-state index in [9.17, 15) is 18.4 Å². The van der Waals surface area contributed by atoms with Crippen molar-refractivity contribution in [1.29, 1.82) is 0 Å². The van der Waals surface area contributed by atoms with Gasteiger partial charge in [0.25, 0.3) is 5.91 Å². The fraction of sp³-hybridized carbons (Fsp3) is 0.273. The number of rotatable bonds is 5. The number of ether oxygens (including phenoxy) is 1. The maximum absolute atomic E-state index is 13.5. The molecular weight excluding hydrogens is 264 g/mol. The number of carboxylic acids is 1. The fourth-order valence-electron chi connectivity index (χ4n) is 1.30. The third-order valence-corrected chi connectivity index (χ3v) is 2.26. The highest BCUT2D eigenvalue weighted by Gasteiger charge is 2.24. The van der Waals surface area contributed by atoms with Gasteiger partial charge in [-0.2, -0.15) is 0 Å². The smallest absolute Gasteiger partial charge is 0.328 e. The molecule has 0 saturated carbocycles. The van der Waals surface area contributed by atoms with E-state index in [-0.39, 0.29) is 5.75 Å². The Kier molecular flexibility index (Phi) is 4.76. The lowest BCUT2D eigenvalue weighted by atomic mass is 10.1. The van der Waals surface area contributed by atoms with Crippen LogP contribution in [-0.2, 0) is 4.79 Å². The Morgan fingerprint density at radius 3 is 2.26 bits per heavy atom. The summed E-state index contributed by atoms with van der Waals surface area (Å²) in [5.41, 5.74) is -0.944. The zero-order valence-corrected chi connectivity index (χ0v) is 9.81. The summed E-state index contributed by atoms with van der Waals surface area (Å²) in [5.74, 6) is -5.32. The summed E-state index contributed by atoms with van der Waals surface area (Å²) in [4.78, 5) is 22.1. The lowest BCUT2D eigenvalue weighted by molar-refractivity contribution is -0.140. The van der Waals surface area contributed by atoms with Crippen LogP contribution in [0.25, 0.3) is 0 Å². The van der Waals surface area contributed by atoms with Crippen LogP contribution in [0.4, 0.5) is 8.78 Å². The van der Waals surface area contributed by atoms with E-state index < -0.39 is 41.7 Å². The second-order valence-corrected chi connectivity index (χ2v) is 3.51. The first-order valence-corrected chi connectivity index (χ1v) is 5.08. The number of carbonyl (C=O) groups excluding carboxylic acids is 1. The van der Waals surface area contributed by atoms with Crippen LogP contribution in [0.5, 0.6) is 5.75 Å². The van der Waals surface area contributed by atoms with Crippen molar-refractivity contribution in [2.45, 2.75) is 6.04 Å². The third-order valence-electron chi connectivity index (χ3n) is 2.26. The van der Waals surface area contributed by atoms with Gasteiger partial charge in [0.05, 0.1) is 13.7 Å². The van der Waals surface area contributed by atoms with Crippen LogP contribution in [0.3, 0.4) is 0 Å². The normalized spacial score (nSPS) is 11.8. The first-order valence-electron chi connectivity index (χ1n) is 5.08. The molecule has 0 aromatic heterocycles. The largest absolute Gasteiger partial charge is 0.497 e. The van der Waals surface area contributed by atoms with Gasteiger partial charge in [0, 0.05) is 12.1 Å². The summed E-state index contributed by atoms with van der Waals surface area (Å²) in [6.45, 7) is -0.902. The summed E-state index contributed by atoms with van der Waals surface area (Å²) < 4.78 is 31.6. The van der Waals surface area contributed by atoms with Gasteiger partial charge in [0.15, 0.2) is 6.04 Å². The number of nitrogens with one attached hydrogen (secondary N) is 1. The predicted molar refractivity (Wildman–Crippen MR) is 58.9 cm³/mol. The van der Waals surface area contributed by atoms with E-state index in [2.05, 4.69) is 4.74 Å². The number of hydrogen-bond donors (Lipinski definition) is 3. The Morgan fingerprint density at radius 1 is 1.37 bits per heavy atom. The van der Waals surface area contributed by atoms with Crippen LogP contribution in [0.2, 0.25) is 0 Å². The standard InChI is InChI=1S/C11H11F2NO5/c1-19-5-2-6(12)9(7(13)3-5)10(16)14-8(4-15)11(17)18/h2-3,8,15H,4H2,1H3,(H,14,16)(H,17,18). The molecule has 19 heavy (non-hydrogen) atoms. The number of amides is 1. The molecule has 0 heterocycles. The number of halogens is 2. The average Bonchev–Trinajstić information content (AvgIpc) is 2.34. The second-order valence-electron chi connectivity index (χ2n) is 3.51. The molecule has 0 aliphatic carbocycles. The van der Waals surface area contributed by atoms with Gasteiger partial charge in [-0.1, -0.05) is 0 Å². The summed E-state index contributed by atoms with van der Waals surface area (Å²) in [6, 6.07) is -0.0761. The molecule has 8 heteroatoms. The van der Waals surface area contributed by atoms with Crippen molar-refractivity contribution in [3.05, 3.63) is 29.3 Å². The predicted octanol–water partition coefficient (Wildman–Crippen LogP) is 0.149. The van der Waals surface area contributed by atoms with Crippen molar-refractivity contribution >= 4 is 11.9 Å². The van der Waals surface area contributed by atoms with Crippen molar-refractivity contribution in [1.82, 2.24) is 5.32 Å². The summed E-state index contributed by atoms with van der Waals surface area (Å²) in [5, 5.41) is 19.1. The lowest BCUT2D eigenvalue weighted by Gasteiger charge is -2.13. The van der Waals surface area contributed by atoms with Gasteiger partial charge in [-0.25, -0.2) is 13.6 Å². The van der Waals surface area contributed by atoms with Crippen LogP contribution in [0, 0.1) is 11.6 Å². The lowest BCUT2D eigenvalue weighted by Crippen LogP contribution is -2.43. The van der Waals surface area contributed by atoms with Crippen molar-refractivity contribution in [3.8, 4) is 5.75 Å². The number of hydrogen-bond acceptors (Lipinski definition) is 4. The quantitative estimate of drug-likeness (QED) is 0.711. The van der Waals surface area contributed by atoms with E-state index in [1.54, 1.807) is 5.32 Å². The molecule has 1 atom stereocenters. The topological polar surface area (TPSA) is 95.9 Å². The molecule has 1 rings (SSSR count). The van der Waals surface area contributed by atoms with Gasteiger partial charge < -0.3 is 20.3 Å². The third kappa shape index (κ3) is 3.38. The SMILES string of the molecule is COc1cc(F)c(C(=O)NC(CO)C(=O)O)c(F)c1. The van der Waals surface area contributed by atoms with Gasteiger partial charge in [0.2, 0.25) is 0 Å². The molecule has 6 nitrogen and oxygen atoms in total. The van der Waals surface area contributed by atoms with Gasteiger partial charge in [-0.05, 0) is 0 Å². The highest BCUT2D eigenvalue weighted by atomic mass is 19.1. The van der Waals surface area contributed by atoms with Crippen LogP contribution in [0.1, 0.15) is 10.4 Å². The number of carbonyl (C=O) groups is 2. The minimum Gasteiger partial charge on any atom is -0.497 e. The first kappa shape index (κ1) is 14.8. The van der Waals surface area contributed by atoms with E-state index >= 15 is 0 Å². The van der Waals surface area contributed by atoms with E-state index in [1.165, 1.54) is 7.11 Å². The molecular formula is C11H11F2NO5. The van der Waals surface area contributed by atoms with E-state index in [1.807, 2.05) is 0 Å². The summed E-state index contributed by atoms with van der Waals surface area (Å²) >= 11 is 0. The molecule has 0 spiro atoms. The fourth-order valence-corrected chi connectivity index (χ4v) is 1.30. The van der Waals surface area contributed by atoms with Crippen LogP contribution in [-0.4, -0.2) is 41.8 Å². The van der Waals surface area contributed by atoms with Gasteiger partial charge >= 0.3 is 5.97 Å². The van der Waals surface area contributed by atoms with Crippen molar-refractivity contribution in [3.63, 3.8) is 0 Å². The Hall–Kier alpha value is -2.22. The number of aliphatic hydroxyl groups excluding tert-OH is 1. The molecule has 0 bridgehead atoms. The number of carboxylic acid groups (broad SMARTS) is 1. The van der Waals surface area contributed by atoms with Gasteiger partial charge in [0.1, 0.15) is 22.9 Å². The van der Waals surface area contributed by atoms with Crippen LogP contribution >= 0.6 is 0 Å². The molecule has 3 N–H and O–H groups in total. The zero-order chi connectivity index (χ0) is 14.6. The molecule has 0 aliphatic heterocycles. The molecule has 0 aliphatic rings. The first-order chi connectivity index (χ1) is 8.90. The maximum Gasteiger partial charge on any atom is 0.328 e. The second kappa shape index (κ2) is 6.10. The molecule has 1 unspecified atom stereocenters.